The van der Waals surface area contributed by atoms with Gasteiger partial charge in [-0.2, -0.15) is 0 Å². The predicted octanol–water partition coefficient (Wildman–Crippen LogP) is 3.32. The third kappa shape index (κ3) is 7.45. The van der Waals surface area contributed by atoms with Crippen LogP contribution in [0.2, 0.25) is 0 Å². The molecule has 0 aliphatic rings. The fourth-order valence-electron chi connectivity index (χ4n) is 2.51. The van der Waals surface area contributed by atoms with Gasteiger partial charge in [-0.3, -0.25) is 4.99 Å². The van der Waals surface area contributed by atoms with Crippen LogP contribution in [0.1, 0.15) is 17.4 Å². The van der Waals surface area contributed by atoms with E-state index in [0.717, 1.165) is 30.2 Å². The largest absolute Gasteiger partial charge is 0.491 e. The molecule has 142 valence electrons. The first-order valence-electron chi connectivity index (χ1n) is 8.89. The number of hydrogen-bond acceptors (Lipinski definition) is 4. The van der Waals surface area contributed by atoms with E-state index in [1.165, 1.54) is 4.88 Å². The topological polar surface area (TPSA) is 54.9 Å². The highest BCUT2D eigenvalue weighted by molar-refractivity contribution is 7.09. The highest BCUT2D eigenvalue weighted by atomic mass is 32.1. The van der Waals surface area contributed by atoms with Crippen molar-refractivity contribution in [3.8, 4) is 5.75 Å². The van der Waals surface area contributed by atoms with Gasteiger partial charge in [-0.1, -0.05) is 25.1 Å². The van der Waals surface area contributed by atoms with Crippen LogP contribution in [-0.4, -0.2) is 39.9 Å². The van der Waals surface area contributed by atoms with Gasteiger partial charge < -0.3 is 20.1 Å². The number of ether oxygens (including phenoxy) is 2. The molecule has 0 fully saturated rings. The molecule has 2 rings (SSSR count). The van der Waals surface area contributed by atoms with Gasteiger partial charge in [-0.05, 0) is 41.5 Å². The third-order valence-corrected chi connectivity index (χ3v) is 4.78. The summed E-state index contributed by atoms with van der Waals surface area (Å²) in [5.41, 5.74) is 1.15. The lowest BCUT2D eigenvalue weighted by Crippen LogP contribution is -2.39. The minimum absolute atomic E-state index is 0.546. The number of hydrogen-bond donors (Lipinski definition) is 2. The lowest BCUT2D eigenvalue weighted by atomic mass is 10.1. The Hall–Kier alpha value is -2.05. The first-order valence-corrected chi connectivity index (χ1v) is 9.76. The summed E-state index contributed by atoms with van der Waals surface area (Å²) in [5.74, 6) is 2.22. The highest BCUT2D eigenvalue weighted by Crippen LogP contribution is 2.14. The maximum absolute atomic E-state index is 5.65. The standard InChI is InChI=1S/C20H29N3O2S/c1-16(12-19-8-5-11-26-19)14-22-20(21-2)23-15-17-6-4-7-18(13-17)25-10-9-24-3/h4-8,11,13,16H,9-10,12,14-15H2,1-3H3,(H2,21,22,23). The van der Waals surface area contributed by atoms with Crippen molar-refractivity contribution in [2.24, 2.45) is 10.9 Å². The molecule has 0 aliphatic heterocycles. The molecule has 1 heterocycles. The molecular weight excluding hydrogens is 346 g/mol. The molecule has 6 heteroatoms. The molecule has 26 heavy (non-hydrogen) atoms. The molecule has 1 unspecified atom stereocenters. The van der Waals surface area contributed by atoms with Crippen molar-refractivity contribution >= 4 is 17.3 Å². The molecule has 2 aromatic rings. The maximum atomic E-state index is 5.65. The van der Waals surface area contributed by atoms with Gasteiger partial charge in [-0.15, -0.1) is 11.3 Å². The number of nitrogens with one attached hydrogen (secondary N) is 2. The molecule has 2 N–H and O–H groups in total. The van der Waals surface area contributed by atoms with Gasteiger partial charge in [0.2, 0.25) is 0 Å². The van der Waals surface area contributed by atoms with Crippen molar-refractivity contribution in [2.75, 3.05) is 33.9 Å². The molecule has 1 atom stereocenters. The second-order valence-corrected chi connectivity index (χ2v) is 7.22. The normalized spacial score (nSPS) is 12.7. The van der Waals surface area contributed by atoms with Crippen LogP contribution in [0.25, 0.3) is 0 Å². The second-order valence-electron chi connectivity index (χ2n) is 6.18. The average molecular weight is 376 g/mol. The van der Waals surface area contributed by atoms with Crippen LogP contribution in [-0.2, 0) is 17.7 Å². The van der Waals surface area contributed by atoms with Gasteiger partial charge in [0.15, 0.2) is 5.96 Å². The van der Waals surface area contributed by atoms with Crippen LogP contribution >= 0.6 is 11.3 Å². The lowest BCUT2D eigenvalue weighted by Gasteiger charge is -2.16. The van der Waals surface area contributed by atoms with Gasteiger partial charge in [0.05, 0.1) is 6.61 Å². The predicted molar refractivity (Wildman–Crippen MR) is 109 cm³/mol. The Balaban J connectivity index is 1.75. The molecule has 0 aliphatic carbocycles. The quantitative estimate of drug-likeness (QED) is 0.380. The number of nitrogens with zero attached hydrogens (tertiary/aromatic N) is 1. The Kier molecular flexibility index (Phi) is 9.00. The monoisotopic (exact) mass is 375 g/mol. The number of thiophene rings is 1. The van der Waals surface area contributed by atoms with Crippen LogP contribution in [0.3, 0.4) is 0 Å². The van der Waals surface area contributed by atoms with Crippen molar-refractivity contribution in [2.45, 2.75) is 19.9 Å². The Morgan fingerprint density at radius 3 is 2.81 bits per heavy atom. The summed E-state index contributed by atoms with van der Waals surface area (Å²) >= 11 is 1.81. The van der Waals surface area contributed by atoms with Gasteiger partial charge in [0.1, 0.15) is 12.4 Å². The lowest BCUT2D eigenvalue weighted by molar-refractivity contribution is 0.146. The van der Waals surface area contributed by atoms with Crippen molar-refractivity contribution in [3.05, 3.63) is 52.2 Å². The van der Waals surface area contributed by atoms with E-state index in [1.807, 2.05) is 29.5 Å². The molecule has 0 saturated carbocycles. The molecule has 1 aromatic carbocycles. The number of rotatable bonds is 10. The fraction of sp³-hybridized carbons (Fsp3) is 0.450. The summed E-state index contributed by atoms with van der Waals surface area (Å²) < 4.78 is 10.7. The number of benzene rings is 1. The minimum atomic E-state index is 0.546. The SMILES string of the molecule is CN=C(NCc1cccc(OCCOC)c1)NCC(C)Cc1cccs1. The fourth-order valence-corrected chi connectivity index (χ4v) is 3.38. The average Bonchev–Trinajstić information content (AvgIpc) is 3.15. The van der Waals surface area contributed by atoms with Crippen LogP contribution in [0.15, 0.2) is 46.8 Å². The molecule has 0 bridgehead atoms. The van der Waals surface area contributed by atoms with E-state index >= 15 is 0 Å². The highest BCUT2D eigenvalue weighted by Gasteiger charge is 2.06. The first kappa shape index (κ1) is 20.3. The number of methoxy groups -OCH3 is 1. The Labute approximate surface area is 160 Å². The molecule has 0 amide bonds. The van der Waals surface area contributed by atoms with Crippen molar-refractivity contribution < 1.29 is 9.47 Å². The Morgan fingerprint density at radius 2 is 2.08 bits per heavy atom. The van der Waals surface area contributed by atoms with Crippen LogP contribution in [0.4, 0.5) is 0 Å². The molecule has 0 saturated heterocycles. The van der Waals surface area contributed by atoms with Gasteiger partial charge in [0, 0.05) is 32.1 Å². The summed E-state index contributed by atoms with van der Waals surface area (Å²) in [6.45, 7) is 4.97. The third-order valence-electron chi connectivity index (χ3n) is 3.89. The van der Waals surface area contributed by atoms with Crippen molar-refractivity contribution in [1.82, 2.24) is 10.6 Å². The summed E-state index contributed by atoms with van der Waals surface area (Å²) in [7, 11) is 3.47. The van der Waals surface area contributed by atoms with Crippen molar-refractivity contribution in [3.63, 3.8) is 0 Å². The molecule has 0 radical (unpaired) electrons. The van der Waals surface area contributed by atoms with Gasteiger partial charge in [0.25, 0.3) is 0 Å². The zero-order valence-corrected chi connectivity index (χ0v) is 16.6. The van der Waals surface area contributed by atoms with E-state index in [0.29, 0.717) is 25.7 Å². The Morgan fingerprint density at radius 1 is 1.19 bits per heavy atom. The molecule has 5 nitrogen and oxygen atoms in total. The summed E-state index contributed by atoms with van der Waals surface area (Å²) in [6.07, 6.45) is 1.09. The molecule has 1 aromatic heterocycles. The zero-order valence-electron chi connectivity index (χ0n) is 15.8. The van der Waals surface area contributed by atoms with Gasteiger partial charge in [-0.25, -0.2) is 0 Å². The number of aliphatic imine (C=N–C) groups is 1. The minimum Gasteiger partial charge on any atom is -0.491 e. The van der Waals surface area contributed by atoms with Crippen molar-refractivity contribution in [1.29, 1.82) is 0 Å². The molecule has 0 spiro atoms. The van der Waals surface area contributed by atoms with Crippen LogP contribution in [0, 0.1) is 5.92 Å². The van der Waals surface area contributed by atoms with E-state index in [-0.39, 0.29) is 0 Å². The smallest absolute Gasteiger partial charge is 0.191 e. The summed E-state index contributed by atoms with van der Waals surface area (Å²) in [4.78, 5) is 5.73. The number of guanidine groups is 1. The van der Waals surface area contributed by atoms with E-state index in [9.17, 15) is 0 Å². The van der Waals surface area contributed by atoms with E-state index < -0.39 is 0 Å². The Bertz CT molecular complexity index is 659. The van der Waals surface area contributed by atoms with Crippen LogP contribution in [0.5, 0.6) is 5.75 Å². The van der Waals surface area contributed by atoms with E-state index in [4.69, 9.17) is 9.47 Å². The molecular formula is C20H29N3O2S. The summed E-state index contributed by atoms with van der Waals surface area (Å²) in [6, 6.07) is 12.4. The maximum Gasteiger partial charge on any atom is 0.191 e. The second kappa shape index (κ2) is 11.5. The van der Waals surface area contributed by atoms with E-state index in [1.54, 1.807) is 14.2 Å². The van der Waals surface area contributed by atoms with Crippen LogP contribution < -0.4 is 15.4 Å². The first-order chi connectivity index (χ1) is 12.7. The zero-order chi connectivity index (χ0) is 18.6. The van der Waals surface area contributed by atoms with Gasteiger partial charge >= 0.3 is 0 Å². The summed E-state index contributed by atoms with van der Waals surface area (Å²) in [5, 5.41) is 8.89. The van der Waals surface area contributed by atoms with E-state index in [2.05, 4.69) is 46.1 Å².